The molecule has 2 nitrogen and oxygen atoms in total. The summed E-state index contributed by atoms with van der Waals surface area (Å²) in [5.74, 6) is 0. The summed E-state index contributed by atoms with van der Waals surface area (Å²) in [5, 5.41) is 3.13. The fraction of sp³-hybridized carbons (Fsp3) is 1.00. The molecule has 0 amide bonds. The summed E-state index contributed by atoms with van der Waals surface area (Å²) >= 11 is 0. The average molecular weight is 213 g/mol. The van der Waals surface area contributed by atoms with E-state index in [1.807, 2.05) is 6.92 Å². The molecule has 0 fully saturated rings. The molecule has 14 heavy (non-hydrogen) atoms. The molecule has 0 aromatic rings. The van der Waals surface area contributed by atoms with Gasteiger partial charge in [-0.3, -0.25) is 0 Å². The predicted molar refractivity (Wildman–Crippen MR) is 49.3 cm³/mol. The third kappa shape index (κ3) is 11.7. The topological polar surface area (TPSA) is 21.3 Å². The van der Waals surface area contributed by atoms with Crippen LogP contribution in [0.25, 0.3) is 0 Å². The molecule has 5 heteroatoms. The van der Waals surface area contributed by atoms with E-state index in [9.17, 15) is 13.2 Å². The van der Waals surface area contributed by atoms with Gasteiger partial charge in [-0.1, -0.05) is 6.92 Å². The highest BCUT2D eigenvalue weighted by atomic mass is 19.4. The minimum Gasteiger partial charge on any atom is -0.381 e. The van der Waals surface area contributed by atoms with Crippen molar-refractivity contribution in [1.82, 2.24) is 5.32 Å². The molecule has 0 saturated heterocycles. The SMILES string of the molecule is CCNCCCCOCCC(F)(F)F. The fourth-order valence-corrected chi connectivity index (χ4v) is 0.921. The molecule has 0 radical (unpaired) electrons. The lowest BCUT2D eigenvalue weighted by Crippen LogP contribution is -2.15. The first-order chi connectivity index (χ1) is 6.56. The van der Waals surface area contributed by atoms with Gasteiger partial charge in [0, 0.05) is 6.61 Å². The molecule has 0 aliphatic carbocycles. The summed E-state index contributed by atoms with van der Waals surface area (Å²) in [5.41, 5.74) is 0. The summed E-state index contributed by atoms with van der Waals surface area (Å²) in [6.07, 6.45) is -3.19. The van der Waals surface area contributed by atoms with Crippen molar-refractivity contribution in [3.63, 3.8) is 0 Å². The van der Waals surface area contributed by atoms with Gasteiger partial charge in [0.15, 0.2) is 0 Å². The molecule has 0 atom stereocenters. The Kier molecular flexibility index (Phi) is 7.89. The summed E-state index contributed by atoms with van der Waals surface area (Å²) < 4.78 is 39.8. The van der Waals surface area contributed by atoms with Crippen LogP contribution in [0, 0.1) is 0 Å². The first kappa shape index (κ1) is 13.7. The molecule has 1 N–H and O–H groups in total. The molecule has 0 rings (SSSR count). The lowest BCUT2D eigenvalue weighted by atomic mass is 10.3. The van der Waals surface area contributed by atoms with Gasteiger partial charge < -0.3 is 10.1 Å². The second-order valence-corrected chi connectivity index (χ2v) is 3.04. The van der Waals surface area contributed by atoms with Crippen LogP contribution in [0.1, 0.15) is 26.2 Å². The van der Waals surface area contributed by atoms with Crippen molar-refractivity contribution < 1.29 is 17.9 Å². The monoisotopic (exact) mass is 213 g/mol. The normalized spacial score (nSPS) is 12.0. The van der Waals surface area contributed by atoms with Crippen molar-refractivity contribution in [2.75, 3.05) is 26.3 Å². The van der Waals surface area contributed by atoms with E-state index in [0.29, 0.717) is 6.61 Å². The van der Waals surface area contributed by atoms with Crippen LogP contribution < -0.4 is 5.32 Å². The van der Waals surface area contributed by atoms with Gasteiger partial charge in [0.2, 0.25) is 0 Å². The Morgan fingerprint density at radius 2 is 1.86 bits per heavy atom. The second kappa shape index (κ2) is 8.05. The van der Waals surface area contributed by atoms with Crippen LogP contribution in [-0.4, -0.2) is 32.5 Å². The van der Waals surface area contributed by atoms with E-state index in [0.717, 1.165) is 25.9 Å². The van der Waals surface area contributed by atoms with E-state index < -0.39 is 12.6 Å². The number of nitrogens with one attached hydrogen (secondary N) is 1. The zero-order valence-electron chi connectivity index (χ0n) is 8.49. The smallest absolute Gasteiger partial charge is 0.381 e. The summed E-state index contributed by atoms with van der Waals surface area (Å²) in [4.78, 5) is 0. The molecule has 0 spiro atoms. The minimum absolute atomic E-state index is 0.218. The van der Waals surface area contributed by atoms with Gasteiger partial charge in [-0.15, -0.1) is 0 Å². The number of rotatable bonds is 8. The lowest BCUT2D eigenvalue weighted by molar-refractivity contribution is -0.145. The standard InChI is InChI=1S/C9H18F3NO/c1-2-13-6-3-4-7-14-8-5-9(10,11)12/h13H,2-8H2,1H3. The van der Waals surface area contributed by atoms with Gasteiger partial charge in [-0.05, 0) is 25.9 Å². The van der Waals surface area contributed by atoms with Gasteiger partial charge in [0.05, 0.1) is 13.0 Å². The largest absolute Gasteiger partial charge is 0.391 e. The number of alkyl halides is 3. The maximum Gasteiger partial charge on any atom is 0.391 e. The maximum absolute atomic E-state index is 11.6. The fourth-order valence-electron chi connectivity index (χ4n) is 0.921. The van der Waals surface area contributed by atoms with E-state index in [-0.39, 0.29) is 6.61 Å². The summed E-state index contributed by atoms with van der Waals surface area (Å²) in [7, 11) is 0. The highest BCUT2D eigenvalue weighted by molar-refractivity contribution is 4.49. The molecular formula is C9H18F3NO. The van der Waals surface area contributed by atoms with Gasteiger partial charge in [0.25, 0.3) is 0 Å². The van der Waals surface area contributed by atoms with Crippen molar-refractivity contribution in [3.8, 4) is 0 Å². The Bertz CT molecular complexity index is 128. The van der Waals surface area contributed by atoms with Crippen LogP contribution in [0.3, 0.4) is 0 Å². The summed E-state index contributed by atoms with van der Waals surface area (Å²) in [6.45, 7) is 4.04. The Balaban J connectivity index is 2.99. The van der Waals surface area contributed by atoms with E-state index >= 15 is 0 Å². The van der Waals surface area contributed by atoms with Crippen molar-refractivity contribution >= 4 is 0 Å². The van der Waals surface area contributed by atoms with Crippen LogP contribution in [0.15, 0.2) is 0 Å². The molecule has 86 valence electrons. The highest BCUT2D eigenvalue weighted by Gasteiger charge is 2.26. The Hall–Kier alpha value is -0.290. The highest BCUT2D eigenvalue weighted by Crippen LogP contribution is 2.18. The number of hydrogen-bond donors (Lipinski definition) is 1. The van der Waals surface area contributed by atoms with Crippen molar-refractivity contribution in [2.45, 2.75) is 32.4 Å². The third-order valence-corrected chi connectivity index (χ3v) is 1.67. The van der Waals surface area contributed by atoms with Gasteiger partial charge in [-0.25, -0.2) is 0 Å². The number of unbranched alkanes of at least 4 members (excludes halogenated alkanes) is 1. The van der Waals surface area contributed by atoms with E-state index in [2.05, 4.69) is 5.32 Å². The lowest BCUT2D eigenvalue weighted by Gasteiger charge is -2.07. The van der Waals surface area contributed by atoms with Crippen LogP contribution in [0.4, 0.5) is 13.2 Å². The molecule has 0 unspecified atom stereocenters. The first-order valence-corrected chi connectivity index (χ1v) is 4.91. The van der Waals surface area contributed by atoms with Crippen LogP contribution in [0.5, 0.6) is 0 Å². The van der Waals surface area contributed by atoms with Crippen molar-refractivity contribution in [1.29, 1.82) is 0 Å². The van der Waals surface area contributed by atoms with Crippen molar-refractivity contribution in [2.24, 2.45) is 0 Å². The van der Waals surface area contributed by atoms with E-state index in [1.54, 1.807) is 0 Å². The van der Waals surface area contributed by atoms with Crippen LogP contribution in [0.2, 0.25) is 0 Å². The number of hydrogen-bond acceptors (Lipinski definition) is 2. The quantitative estimate of drug-likeness (QED) is 0.625. The van der Waals surface area contributed by atoms with Gasteiger partial charge in [0.1, 0.15) is 0 Å². The first-order valence-electron chi connectivity index (χ1n) is 4.91. The number of ether oxygens (including phenoxy) is 1. The zero-order valence-corrected chi connectivity index (χ0v) is 8.49. The second-order valence-electron chi connectivity index (χ2n) is 3.04. The Labute approximate surface area is 82.8 Å². The predicted octanol–water partition coefficient (Wildman–Crippen LogP) is 2.35. The maximum atomic E-state index is 11.6. The molecule has 0 aliphatic heterocycles. The Morgan fingerprint density at radius 3 is 2.43 bits per heavy atom. The molecule has 0 aromatic heterocycles. The number of halogens is 3. The van der Waals surface area contributed by atoms with E-state index in [4.69, 9.17) is 4.74 Å². The average Bonchev–Trinajstić information content (AvgIpc) is 2.08. The molecule has 0 heterocycles. The molecule has 0 aromatic carbocycles. The van der Waals surface area contributed by atoms with E-state index in [1.165, 1.54) is 0 Å². The summed E-state index contributed by atoms with van der Waals surface area (Å²) in [6, 6.07) is 0. The Morgan fingerprint density at radius 1 is 1.14 bits per heavy atom. The van der Waals surface area contributed by atoms with Crippen molar-refractivity contribution in [3.05, 3.63) is 0 Å². The molecule has 0 saturated carbocycles. The van der Waals surface area contributed by atoms with Gasteiger partial charge >= 0.3 is 6.18 Å². The minimum atomic E-state index is -4.09. The zero-order chi connectivity index (χ0) is 10.9. The third-order valence-electron chi connectivity index (χ3n) is 1.67. The van der Waals surface area contributed by atoms with Gasteiger partial charge in [-0.2, -0.15) is 13.2 Å². The van der Waals surface area contributed by atoms with Crippen LogP contribution >= 0.6 is 0 Å². The molecule has 0 aliphatic rings. The molecule has 0 bridgehead atoms. The molecular weight excluding hydrogens is 195 g/mol. The van der Waals surface area contributed by atoms with Crippen LogP contribution in [-0.2, 0) is 4.74 Å².